The predicted molar refractivity (Wildman–Crippen MR) is 212 cm³/mol. The number of fused-ring (bicyclic) bond motifs is 1. The van der Waals surface area contributed by atoms with Crippen LogP contribution in [0.2, 0.25) is 0 Å². The number of nitrogens with zero attached hydrogens (tertiary/aromatic N) is 6. The van der Waals surface area contributed by atoms with Crippen molar-refractivity contribution in [2.24, 2.45) is 11.7 Å². The molecule has 57 heavy (non-hydrogen) atoms. The van der Waals surface area contributed by atoms with Gasteiger partial charge in [0.05, 0.1) is 11.4 Å². The maximum absolute atomic E-state index is 13.3. The van der Waals surface area contributed by atoms with E-state index in [0.29, 0.717) is 56.4 Å². The van der Waals surface area contributed by atoms with Gasteiger partial charge in [0.25, 0.3) is 0 Å². The van der Waals surface area contributed by atoms with Crippen LogP contribution in [0.25, 0.3) is 5.69 Å². The van der Waals surface area contributed by atoms with Gasteiger partial charge < -0.3 is 30.5 Å². The van der Waals surface area contributed by atoms with Gasteiger partial charge in [0.2, 0.25) is 5.91 Å². The number of hydrogen-bond donors (Lipinski definition) is 2. The molecule has 0 aliphatic carbocycles. The molecule has 16 heteroatoms. The first-order chi connectivity index (χ1) is 27.4. The number of rotatable bonds is 14. The van der Waals surface area contributed by atoms with Gasteiger partial charge in [0.1, 0.15) is 18.1 Å². The highest BCUT2D eigenvalue weighted by Crippen LogP contribution is 2.34. The molecule has 1 amide bonds. The van der Waals surface area contributed by atoms with Gasteiger partial charge in [0, 0.05) is 73.7 Å². The molecule has 5 heterocycles. The van der Waals surface area contributed by atoms with E-state index in [1.165, 1.54) is 12.6 Å². The quantitative estimate of drug-likeness (QED) is 0.109. The van der Waals surface area contributed by atoms with Crippen LogP contribution in [-0.2, 0) is 32.2 Å². The summed E-state index contributed by atoms with van der Waals surface area (Å²) in [6, 6.07) is 11.3. The zero-order chi connectivity index (χ0) is 41.5. The summed E-state index contributed by atoms with van der Waals surface area (Å²) < 4.78 is 51.9. The van der Waals surface area contributed by atoms with Gasteiger partial charge in [-0.15, -0.1) is 0 Å². The van der Waals surface area contributed by atoms with E-state index in [1.807, 2.05) is 28.6 Å². The monoisotopic (exact) mass is 802 g/mol. The Labute approximate surface area is 333 Å². The van der Waals surface area contributed by atoms with Crippen molar-refractivity contribution in [1.82, 2.24) is 24.6 Å². The third-order valence-electron chi connectivity index (χ3n) is 11.0. The summed E-state index contributed by atoms with van der Waals surface area (Å²) in [5, 5.41) is 7.45. The molecule has 3 aromatic rings. The molecule has 314 valence electrons. The van der Waals surface area contributed by atoms with Gasteiger partial charge in [-0.2, -0.15) is 18.3 Å². The lowest BCUT2D eigenvalue weighted by Crippen LogP contribution is -2.48. The molecule has 2 saturated heterocycles. The fraction of sp³-hybridized carbons (Fsp3) is 0.585. The van der Waals surface area contributed by atoms with Gasteiger partial charge in [0.15, 0.2) is 0 Å². The maximum Gasteiger partial charge on any atom is 0.408 e. The molecule has 3 aliphatic rings. The number of unbranched alkanes of at least 4 members (excludes halogenated alkanes) is 1. The fourth-order valence-corrected chi connectivity index (χ4v) is 7.98. The van der Waals surface area contributed by atoms with Gasteiger partial charge in [-0.25, -0.2) is 9.67 Å². The zero-order valence-corrected chi connectivity index (χ0v) is 33.6. The molecule has 1 aromatic carbocycles. The largest absolute Gasteiger partial charge is 0.408 e. The van der Waals surface area contributed by atoms with Crippen LogP contribution in [0.1, 0.15) is 86.0 Å². The number of halogens is 4. The van der Waals surface area contributed by atoms with Gasteiger partial charge >= 0.3 is 12.6 Å². The number of hydrogen-bond acceptors (Lipinski definition) is 10. The first-order valence-electron chi connectivity index (χ1n) is 19.9. The van der Waals surface area contributed by atoms with Crippen molar-refractivity contribution in [3.05, 3.63) is 64.6 Å². The van der Waals surface area contributed by atoms with Crippen molar-refractivity contribution in [1.29, 1.82) is 0 Å². The van der Waals surface area contributed by atoms with Crippen molar-refractivity contribution in [2.45, 2.75) is 96.7 Å². The Kier molecular flexibility index (Phi) is 17.3. The van der Waals surface area contributed by atoms with E-state index in [0.717, 1.165) is 98.7 Å². The molecule has 2 fully saturated rings. The summed E-state index contributed by atoms with van der Waals surface area (Å²) in [4.78, 5) is 45.8. The number of carbonyl (C=O) groups excluding carboxylic acids is 3. The van der Waals surface area contributed by atoms with E-state index in [1.54, 1.807) is 0 Å². The SMILES string of the molecule is CCC(CN1CCC(CCc2ccc3c(n2)NC(C(F)(F)F)CC3)C1)c1cc(N2CCN(C(=O)CCCC=O)CC2)cc(-n2nc(C)cc2C)c1.CN.O=COF. The molecule has 6 rings (SSSR count). The number of benzene rings is 1. The van der Waals surface area contributed by atoms with Crippen molar-refractivity contribution in [2.75, 3.05) is 63.1 Å². The van der Waals surface area contributed by atoms with Crippen LogP contribution in [0.15, 0.2) is 36.4 Å². The minimum atomic E-state index is -4.27. The Morgan fingerprint density at radius 2 is 1.75 bits per heavy atom. The molecule has 12 nitrogen and oxygen atoms in total. The van der Waals surface area contributed by atoms with Gasteiger partial charge in [-0.05, 0) is 126 Å². The number of pyridine rings is 1. The number of anilines is 2. The van der Waals surface area contributed by atoms with E-state index < -0.39 is 12.2 Å². The van der Waals surface area contributed by atoms with E-state index in [4.69, 9.17) is 9.89 Å². The molecule has 3 unspecified atom stereocenters. The lowest BCUT2D eigenvalue weighted by molar-refractivity contribution is -0.165. The number of aryl methyl sites for hydroxylation is 4. The summed E-state index contributed by atoms with van der Waals surface area (Å²) in [6.07, 6.45) is 2.31. The second-order valence-corrected chi connectivity index (χ2v) is 14.9. The zero-order valence-electron chi connectivity index (χ0n) is 33.6. The second kappa shape index (κ2) is 21.8. The molecular formula is C41H58F4N8O4. The summed E-state index contributed by atoms with van der Waals surface area (Å²) >= 11 is 0. The highest BCUT2D eigenvalue weighted by atomic mass is 19.4. The topological polar surface area (TPSA) is 139 Å². The lowest BCUT2D eigenvalue weighted by Gasteiger charge is -2.37. The Morgan fingerprint density at radius 3 is 2.39 bits per heavy atom. The number of aldehydes is 1. The molecular weight excluding hydrogens is 744 g/mol. The number of carbonyl (C=O) groups is 3. The van der Waals surface area contributed by atoms with Crippen molar-refractivity contribution >= 4 is 30.2 Å². The normalized spacial score (nSPS) is 18.6. The molecule has 3 aliphatic heterocycles. The highest BCUT2D eigenvalue weighted by Gasteiger charge is 2.41. The van der Waals surface area contributed by atoms with E-state index in [2.05, 4.69) is 68.9 Å². The maximum atomic E-state index is 13.3. The summed E-state index contributed by atoms with van der Waals surface area (Å²) in [5.41, 5.74) is 11.8. The number of likely N-dealkylation sites (tertiary alicyclic amines) is 1. The summed E-state index contributed by atoms with van der Waals surface area (Å²) in [6.45, 7) is 11.9. The predicted octanol–water partition coefficient (Wildman–Crippen LogP) is 6.26. The van der Waals surface area contributed by atoms with Crippen LogP contribution >= 0.6 is 0 Å². The molecule has 3 N–H and O–H groups in total. The van der Waals surface area contributed by atoms with Crippen LogP contribution < -0.4 is 16.0 Å². The minimum absolute atomic E-state index is 0.0481. The van der Waals surface area contributed by atoms with E-state index in [9.17, 15) is 27.3 Å². The average Bonchev–Trinajstić information content (AvgIpc) is 3.83. The Bertz CT molecular complexity index is 1750. The van der Waals surface area contributed by atoms with Crippen molar-refractivity contribution < 1.29 is 37.0 Å². The molecule has 0 saturated carbocycles. The Balaban J connectivity index is 0.00000113. The third kappa shape index (κ3) is 12.7. The van der Waals surface area contributed by atoms with Crippen LogP contribution in [0.4, 0.5) is 29.2 Å². The first kappa shape index (κ1) is 45.1. The van der Waals surface area contributed by atoms with Gasteiger partial charge in [-0.3, -0.25) is 14.5 Å². The second-order valence-electron chi connectivity index (χ2n) is 14.9. The highest BCUT2D eigenvalue weighted by molar-refractivity contribution is 5.77. The number of amides is 1. The van der Waals surface area contributed by atoms with Crippen LogP contribution in [0.5, 0.6) is 0 Å². The van der Waals surface area contributed by atoms with Crippen molar-refractivity contribution in [3.63, 3.8) is 0 Å². The standard InChI is InChI=1S/C39H52F3N7O2.CHFO2.CH5N/c1-4-30(26-46-15-14-29(25-46)8-11-33-12-9-31-10-13-36(39(40,41)42)44-38(31)43-33)32-22-34(24-35(23-32)49-28(3)21-27(2)45-49)47-16-18-48(19-17-47)37(51)7-5-6-20-50;2-4-1-3;1-2/h9,12,20-24,29-30,36H,4-8,10-11,13-19,25-26H2,1-3H3,(H,43,44);1H;2H2,1H3. The number of nitrogens with one attached hydrogen (secondary N) is 1. The van der Waals surface area contributed by atoms with E-state index in [-0.39, 0.29) is 18.8 Å². The third-order valence-corrected chi connectivity index (χ3v) is 11.0. The Morgan fingerprint density at radius 1 is 1.04 bits per heavy atom. The van der Waals surface area contributed by atoms with Crippen LogP contribution in [-0.4, -0.2) is 108 Å². The summed E-state index contributed by atoms with van der Waals surface area (Å²) in [5.74, 6) is 1.36. The smallest absolute Gasteiger partial charge is 0.368 e. The molecule has 0 bridgehead atoms. The van der Waals surface area contributed by atoms with Gasteiger partial charge in [-0.1, -0.05) is 13.0 Å². The van der Waals surface area contributed by atoms with Crippen molar-refractivity contribution in [3.8, 4) is 5.69 Å². The summed E-state index contributed by atoms with van der Waals surface area (Å²) in [7, 11) is 1.50. The van der Waals surface area contributed by atoms with E-state index >= 15 is 0 Å². The fourth-order valence-electron chi connectivity index (χ4n) is 7.98. The average molecular weight is 803 g/mol. The number of alkyl halides is 3. The molecule has 2 aromatic heterocycles. The number of nitrogens with two attached hydrogens (primary N) is 1. The molecule has 0 radical (unpaired) electrons. The molecule has 0 spiro atoms. The molecule has 3 atom stereocenters. The van der Waals surface area contributed by atoms with Crippen LogP contribution in [0, 0.1) is 19.8 Å². The first-order valence-corrected chi connectivity index (χ1v) is 19.9. The number of piperazine rings is 1. The number of aromatic nitrogens is 3. The Hall–Kier alpha value is -4.57. The minimum Gasteiger partial charge on any atom is -0.368 e. The lowest BCUT2D eigenvalue weighted by atomic mass is 9.94. The van der Waals surface area contributed by atoms with Crippen LogP contribution in [0.3, 0.4) is 0 Å².